The predicted molar refractivity (Wildman–Crippen MR) is 73.8 cm³/mol. The van der Waals surface area contributed by atoms with Crippen molar-refractivity contribution in [3.8, 4) is 0 Å². The van der Waals surface area contributed by atoms with E-state index in [1.165, 1.54) is 12.3 Å². The molecule has 0 amide bonds. The van der Waals surface area contributed by atoms with Gasteiger partial charge in [0.1, 0.15) is 0 Å². The molecule has 0 bridgehead atoms. The average molecular weight is 300 g/mol. The molecule has 7 heteroatoms. The van der Waals surface area contributed by atoms with E-state index in [2.05, 4.69) is 9.71 Å². The fourth-order valence-electron chi connectivity index (χ4n) is 2.85. The zero-order chi connectivity index (χ0) is 14.6. The van der Waals surface area contributed by atoms with E-state index in [0.717, 1.165) is 32.1 Å². The third-order valence-electron chi connectivity index (χ3n) is 3.96. The van der Waals surface area contributed by atoms with Gasteiger partial charge >= 0.3 is 5.97 Å². The molecule has 1 saturated carbocycles. The van der Waals surface area contributed by atoms with Crippen LogP contribution >= 0.6 is 0 Å². The highest BCUT2D eigenvalue weighted by molar-refractivity contribution is 7.89. The number of aromatic nitrogens is 1. The first-order valence-electron chi connectivity index (χ1n) is 6.78. The maximum atomic E-state index is 12.1. The summed E-state index contributed by atoms with van der Waals surface area (Å²) in [4.78, 5) is 13.9. The molecule has 2 rings (SSSR count). The molecule has 1 aromatic rings. The van der Waals surface area contributed by atoms with Crippen molar-refractivity contribution in [3.63, 3.8) is 0 Å². The molecule has 3 N–H and O–H groups in total. The number of aromatic amines is 1. The first-order valence-corrected chi connectivity index (χ1v) is 8.26. The highest BCUT2D eigenvalue weighted by Crippen LogP contribution is 2.39. The Labute approximate surface area is 118 Å². The lowest BCUT2D eigenvalue weighted by Crippen LogP contribution is -2.40. The molecule has 1 aromatic heterocycles. The van der Waals surface area contributed by atoms with Gasteiger partial charge in [0.15, 0.2) is 0 Å². The molecule has 0 radical (unpaired) electrons. The number of sulfonamides is 1. The standard InChI is InChI=1S/C13H20N2O4S/c16-12(17)8-13(5-2-1-3-6-13)10-15-20(18,19)11-4-7-14-9-11/h4,7,9,14-15H,1-3,5-6,8,10H2,(H,16,17). The van der Waals surface area contributed by atoms with Crippen LogP contribution in [-0.4, -0.2) is 31.0 Å². The van der Waals surface area contributed by atoms with Crippen molar-refractivity contribution in [2.45, 2.75) is 43.4 Å². The first kappa shape index (κ1) is 15.1. The number of carboxylic acids is 1. The van der Waals surface area contributed by atoms with Gasteiger partial charge in [-0.3, -0.25) is 4.79 Å². The maximum absolute atomic E-state index is 12.1. The highest BCUT2D eigenvalue weighted by Gasteiger charge is 2.35. The van der Waals surface area contributed by atoms with Crippen molar-refractivity contribution in [2.75, 3.05) is 6.54 Å². The fraction of sp³-hybridized carbons (Fsp3) is 0.615. The van der Waals surface area contributed by atoms with E-state index >= 15 is 0 Å². The number of nitrogens with one attached hydrogen (secondary N) is 2. The number of carbonyl (C=O) groups is 1. The van der Waals surface area contributed by atoms with Crippen LogP contribution in [0.25, 0.3) is 0 Å². The summed E-state index contributed by atoms with van der Waals surface area (Å²) in [5, 5.41) is 9.06. The van der Waals surface area contributed by atoms with Gasteiger partial charge in [-0.25, -0.2) is 13.1 Å². The van der Waals surface area contributed by atoms with Gasteiger partial charge in [0, 0.05) is 18.9 Å². The molecule has 1 heterocycles. The van der Waals surface area contributed by atoms with Crippen LogP contribution in [-0.2, 0) is 14.8 Å². The van der Waals surface area contributed by atoms with Crippen LogP contribution in [0.3, 0.4) is 0 Å². The molecule has 1 aliphatic rings. The Balaban J connectivity index is 2.07. The quantitative estimate of drug-likeness (QED) is 0.744. The smallest absolute Gasteiger partial charge is 0.303 e. The minimum Gasteiger partial charge on any atom is -0.481 e. The molecule has 0 atom stereocenters. The first-order chi connectivity index (χ1) is 9.44. The van der Waals surface area contributed by atoms with E-state index in [-0.39, 0.29) is 17.9 Å². The molecule has 0 spiro atoms. The minimum absolute atomic E-state index is 0.0165. The zero-order valence-electron chi connectivity index (χ0n) is 11.3. The summed E-state index contributed by atoms with van der Waals surface area (Å²) in [5.41, 5.74) is -0.451. The Hall–Kier alpha value is -1.34. The van der Waals surface area contributed by atoms with Crippen molar-refractivity contribution in [1.82, 2.24) is 9.71 Å². The molecular weight excluding hydrogens is 280 g/mol. The van der Waals surface area contributed by atoms with Gasteiger partial charge in [0.05, 0.1) is 11.3 Å². The van der Waals surface area contributed by atoms with Gasteiger partial charge in [-0.2, -0.15) is 0 Å². The summed E-state index contributed by atoms with van der Waals surface area (Å²) in [5.74, 6) is -0.868. The largest absolute Gasteiger partial charge is 0.481 e. The molecule has 6 nitrogen and oxygen atoms in total. The Morgan fingerprint density at radius 2 is 2.05 bits per heavy atom. The van der Waals surface area contributed by atoms with Crippen LogP contribution in [0.1, 0.15) is 38.5 Å². The average Bonchev–Trinajstić information content (AvgIpc) is 2.92. The van der Waals surface area contributed by atoms with Crippen LogP contribution in [0.15, 0.2) is 23.4 Å². The number of carboxylic acid groups (broad SMARTS) is 1. The zero-order valence-corrected chi connectivity index (χ0v) is 12.1. The van der Waals surface area contributed by atoms with Gasteiger partial charge in [-0.1, -0.05) is 19.3 Å². The predicted octanol–water partition coefficient (Wildman–Crippen LogP) is 1.72. The Bertz CT molecular complexity index is 545. The maximum Gasteiger partial charge on any atom is 0.303 e. The number of aliphatic carboxylic acids is 1. The van der Waals surface area contributed by atoms with Crippen LogP contribution in [0.5, 0.6) is 0 Å². The molecule has 112 valence electrons. The summed E-state index contributed by atoms with van der Waals surface area (Å²) in [6, 6.07) is 1.48. The molecule has 0 unspecified atom stereocenters. The summed E-state index contributed by atoms with van der Waals surface area (Å²) in [6.45, 7) is 0.187. The highest BCUT2D eigenvalue weighted by atomic mass is 32.2. The van der Waals surface area contributed by atoms with Crippen molar-refractivity contribution in [3.05, 3.63) is 18.5 Å². The van der Waals surface area contributed by atoms with Crippen LogP contribution in [0.4, 0.5) is 0 Å². The van der Waals surface area contributed by atoms with Gasteiger partial charge in [0.2, 0.25) is 10.0 Å². The molecule has 0 aromatic carbocycles. The molecule has 0 aliphatic heterocycles. The molecule has 1 fully saturated rings. The second-order valence-corrected chi connectivity index (χ2v) is 7.27. The summed E-state index contributed by atoms with van der Waals surface area (Å²) in [7, 11) is -3.56. The topological polar surface area (TPSA) is 99.3 Å². The van der Waals surface area contributed by atoms with Crippen LogP contribution in [0.2, 0.25) is 0 Å². The normalized spacial score (nSPS) is 18.8. The van der Waals surface area contributed by atoms with E-state index in [0.29, 0.717) is 0 Å². The molecule has 1 aliphatic carbocycles. The minimum atomic E-state index is -3.56. The summed E-state index contributed by atoms with van der Waals surface area (Å²) >= 11 is 0. The Morgan fingerprint density at radius 1 is 1.35 bits per heavy atom. The number of hydrogen-bond donors (Lipinski definition) is 3. The molecular formula is C13H20N2O4S. The number of H-pyrrole nitrogens is 1. The molecule has 20 heavy (non-hydrogen) atoms. The van der Waals surface area contributed by atoms with Crippen molar-refractivity contribution >= 4 is 16.0 Å². The lowest BCUT2D eigenvalue weighted by molar-refractivity contribution is -0.140. The van der Waals surface area contributed by atoms with Crippen molar-refractivity contribution < 1.29 is 18.3 Å². The van der Waals surface area contributed by atoms with Gasteiger partial charge < -0.3 is 10.1 Å². The van der Waals surface area contributed by atoms with Crippen molar-refractivity contribution in [1.29, 1.82) is 0 Å². The van der Waals surface area contributed by atoms with Gasteiger partial charge in [-0.15, -0.1) is 0 Å². The van der Waals surface area contributed by atoms with Gasteiger partial charge in [-0.05, 0) is 24.3 Å². The monoisotopic (exact) mass is 300 g/mol. The van der Waals surface area contributed by atoms with Crippen LogP contribution < -0.4 is 4.72 Å². The Kier molecular flexibility index (Phi) is 4.49. The number of rotatable bonds is 6. The number of hydrogen-bond acceptors (Lipinski definition) is 3. The van der Waals surface area contributed by atoms with E-state index in [9.17, 15) is 13.2 Å². The van der Waals surface area contributed by atoms with E-state index in [4.69, 9.17) is 5.11 Å². The van der Waals surface area contributed by atoms with E-state index in [1.807, 2.05) is 0 Å². The van der Waals surface area contributed by atoms with Crippen LogP contribution in [0, 0.1) is 5.41 Å². The molecule has 0 saturated heterocycles. The lowest BCUT2D eigenvalue weighted by atomic mass is 9.72. The van der Waals surface area contributed by atoms with Crippen molar-refractivity contribution in [2.24, 2.45) is 5.41 Å². The van der Waals surface area contributed by atoms with E-state index in [1.54, 1.807) is 6.20 Å². The fourth-order valence-corrected chi connectivity index (χ4v) is 3.98. The summed E-state index contributed by atoms with van der Waals surface area (Å²) in [6.07, 6.45) is 7.49. The second kappa shape index (κ2) is 5.97. The van der Waals surface area contributed by atoms with Gasteiger partial charge in [0.25, 0.3) is 0 Å². The second-order valence-electron chi connectivity index (χ2n) is 5.50. The SMILES string of the molecule is O=C(O)CC1(CNS(=O)(=O)c2cc[nH]c2)CCCCC1. The lowest BCUT2D eigenvalue weighted by Gasteiger charge is -2.36. The summed E-state index contributed by atoms with van der Waals surface area (Å²) < 4.78 is 26.7. The third-order valence-corrected chi connectivity index (χ3v) is 5.36. The third kappa shape index (κ3) is 3.61. The Morgan fingerprint density at radius 3 is 2.60 bits per heavy atom. The van der Waals surface area contributed by atoms with E-state index < -0.39 is 21.4 Å².